The standard InChI is InChI=1S/C12H19BFN5OS/c1-13(20)19-7-3-4-9(19)11(14)8(5-7)16-10-6-15-12(21-2)18-17-10/h6-9,11,20H,3-5H2,1-2H3,(H,16,17)/t7-,8-,9+,11-/m1/s1. The van der Waals surface area contributed by atoms with Gasteiger partial charge in [0.05, 0.1) is 12.2 Å². The van der Waals surface area contributed by atoms with E-state index in [9.17, 15) is 9.41 Å². The molecule has 4 atom stereocenters. The summed E-state index contributed by atoms with van der Waals surface area (Å²) in [6.45, 7) is 1.71. The fourth-order valence-electron chi connectivity index (χ4n) is 3.52. The number of nitrogens with one attached hydrogen (secondary N) is 1. The average molecular weight is 311 g/mol. The van der Waals surface area contributed by atoms with Gasteiger partial charge in [-0.15, -0.1) is 10.2 Å². The quantitative estimate of drug-likeness (QED) is 0.636. The molecule has 6 nitrogen and oxygen atoms in total. The van der Waals surface area contributed by atoms with Crippen molar-refractivity contribution in [2.24, 2.45) is 0 Å². The van der Waals surface area contributed by atoms with Crippen molar-refractivity contribution >= 4 is 24.6 Å². The van der Waals surface area contributed by atoms with E-state index >= 15 is 0 Å². The largest absolute Gasteiger partial charge is 0.437 e. The zero-order chi connectivity index (χ0) is 15.0. The third kappa shape index (κ3) is 2.86. The molecule has 114 valence electrons. The Morgan fingerprint density at radius 1 is 1.48 bits per heavy atom. The molecule has 0 spiro atoms. The first-order valence-electron chi connectivity index (χ1n) is 7.20. The molecule has 0 aliphatic carbocycles. The van der Waals surface area contributed by atoms with Gasteiger partial charge in [0.25, 0.3) is 0 Å². The van der Waals surface area contributed by atoms with Crippen molar-refractivity contribution in [2.45, 2.75) is 55.5 Å². The van der Waals surface area contributed by atoms with E-state index in [1.165, 1.54) is 11.8 Å². The molecule has 9 heteroatoms. The molecule has 1 aromatic heterocycles. The number of hydrogen-bond acceptors (Lipinski definition) is 7. The third-order valence-corrected chi connectivity index (χ3v) is 4.92. The molecule has 0 aromatic carbocycles. The number of hydrogen-bond donors (Lipinski definition) is 2. The lowest BCUT2D eigenvalue weighted by atomic mass is 9.78. The van der Waals surface area contributed by atoms with Gasteiger partial charge in [0, 0.05) is 12.1 Å². The van der Waals surface area contributed by atoms with Crippen LogP contribution >= 0.6 is 11.8 Å². The lowest BCUT2D eigenvalue weighted by Gasteiger charge is -2.42. The second-order valence-electron chi connectivity index (χ2n) is 5.64. The minimum Gasteiger partial charge on any atom is -0.437 e. The normalized spacial score (nSPS) is 32.2. The zero-order valence-corrected chi connectivity index (χ0v) is 12.9. The van der Waals surface area contributed by atoms with Crippen molar-refractivity contribution in [3.8, 4) is 0 Å². The third-order valence-electron chi connectivity index (χ3n) is 4.37. The van der Waals surface area contributed by atoms with E-state index in [4.69, 9.17) is 0 Å². The molecule has 21 heavy (non-hydrogen) atoms. The number of aromatic nitrogens is 3. The van der Waals surface area contributed by atoms with Crippen LogP contribution in [0.5, 0.6) is 0 Å². The first-order chi connectivity index (χ1) is 10.1. The van der Waals surface area contributed by atoms with Crippen LogP contribution in [-0.4, -0.2) is 62.6 Å². The summed E-state index contributed by atoms with van der Waals surface area (Å²) in [6, 6.07) is -0.285. The lowest BCUT2D eigenvalue weighted by molar-refractivity contribution is 0.106. The molecule has 0 unspecified atom stereocenters. The highest BCUT2D eigenvalue weighted by atomic mass is 32.2. The molecule has 2 fully saturated rings. The Balaban J connectivity index is 1.70. The molecule has 2 aliphatic rings. The van der Waals surface area contributed by atoms with Crippen LogP contribution in [-0.2, 0) is 0 Å². The smallest absolute Gasteiger partial charge is 0.376 e. The predicted molar refractivity (Wildman–Crippen MR) is 81.0 cm³/mol. The Morgan fingerprint density at radius 2 is 2.29 bits per heavy atom. The molecule has 0 amide bonds. The first kappa shape index (κ1) is 15.0. The highest BCUT2D eigenvalue weighted by Crippen LogP contribution is 2.38. The van der Waals surface area contributed by atoms with Gasteiger partial charge in [-0.05, 0) is 32.3 Å². The Hall–Kier alpha value is -0.925. The van der Waals surface area contributed by atoms with Crippen molar-refractivity contribution in [3.63, 3.8) is 0 Å². The van der Waals surface area contributed by atoms with Gasteiger partial charge in [-0.2, -0.15) is 0 Å². The van der Waals surface area contributed by atoms with E-state index in [-0.39, 0.29) is 18.1 Å². The summed E-state index contributed by atoms with van der Waals surface area (Å²) in [5, 5.41) is 21.5. The second kappa shape index (κ2) is 6.06. The fraction of sp³-hybridized carbons (Fsp3) is 0.750. The van der Waals surface area contributed by atoms with Gasteiger partial charge in [0.2, 0.25) is 5.16 Å². The molecule has 2 saturated heterocycles. The highest BCUT2D eigenvalue weighted by molar-refractivity contribution is 7.98. The van der Waals surface area contributed by atoms with Crippen LogP contribution in [0.25, 0.3) is 0 Å². The summed E-state index contributed by atoms with van der Waals surface area (Å²) < 4.78 is 14.7. The summed E-state index contributed by atoms with van der Waals surface area (Å²) in [4.78, 5) is 6.04. The van der Waals surface area contributed by atoms with Crippen LogP contribution in [0.2, 0.25) is 6.82 Å². The van der Waals surface area contributed by atoms with Crippen LogP contribution < -0.4 is 5.32 Å². The number of thioether (sulfide) groups is 1. The van der Waals surface area contributed by atoms with Crippen LogP contribution in [0, 0.1) is 0 Å². The van der Waals surface area contributed by atoms with E-state index in [1.54, 1.807) is 13.0 Å². The Bertz CT molecular complexity index is 493. The van der Waals surface area contributed by atoms with Crippen LogP contribution in [0.3, 0.4) is 0 Å². The topological polar surface area (TPSA) is 74.2 Å². The van der Waals surface area contributed by atoms with Crippen molar-refractivity contribution < 1.29 is 9.41 Å². The number of anilines is 1. The van der Waals surface area contributed by atoms with Crippen molar-refractivity contribution in [3.05, 3.63) is 6.20 Å². The Morgan fingerprint density at radius 3 is 2.90 bits per heavy atom. The Kier molecular flexibility index (Phi) is 4.32. The number of alkyl halides is 1. The molecular formula is C12H19BFN5OS. The van der Waals surface area contributed by atoms with Gasteiger partial charge in [-0.1, -0.05) is 11.8 Å². The molecule has 1 aromatic rings. The monoisotopic (exact) mass is 311 g/mol. The molecule has 2 bridgehead atoms. The number of rotatable bonds is 4. The van der Waals surface area contributed by atoms with E-state index < -0.39 is 13.2 Å². The lowest BCUT2D eigenvalue weighted by Crippen LogP contribution is -2.59. The molecule has 3 heterocycles. The van der Waals surface area contributed by atoms with Crippen molar-refractivity contribution in [1.29, 1.82) is 0 Å². The van der Waals surface area contributed by atoms with Crippen LogP contribution in [0.15, 0.2) is 11.4 Å². The summed E-state index contributed by atoms with van der Waals surface area (Å²) in [5.41, 5.74) is 0. The van der Waals surface area contributed by atoms with Gasteiger partial charge >= 0.3 is 7.05 Å². The van der Waals surface area contributed by atoms with E-state index in [2.05, 4.69) is 20.5 Å². The maximum Gasteiger partial charge on any atom is 0.376 e. The van der Waals surface area contributed by atoms with E-state index in [1.807, 2.05) is 11.1 Å². The van der Waals surface area contributed by atoms with Gasteiger partial charge in [0.15, 0.2) is 5.82 Å². The van der Waals surface area contributed by atoms with E-state index in [0.717, 1.165) is 12.8 Å². The maximum atomic E-state index is 14.7. The highest BCUT2D eigenvalue weighted by Gasteiger charge is 2.49. The number of fused-ring (bicyclic) bond motifs is 2. The average Bonchev–Trinajstić information content (AvgIpc) is 2.83. The number of halogens is 1. The molecular weight excluding hydrogens is 292 g/mol. The fourth-order valence-corrected chi connectivity index (χ4v) is 3.80. The van der Waals surface area contributed by atoms with Gasteiger partial charge in [-0.25, -0.2) is 9.37 Å². The summed E-state index contributed by atoms with van der Waals surface area (Å²) in [6.07, 6.45) is 4.84. The van der Waals surface area contributed by atoms with Crippen molar-refractivity contribution in [1.82, 2.24) is 20.0 Å². The molecule has 2 N–H and O–H groups in total. The molecule has 3 rings (SSSR count). The first-order valence-corrected chi connectivity index (χ1v) is 8.42. The maximum absolute atomic E-state index is 14.7. The van der Waals surface area contributed by atoms with E-state index in [0.29, 0.717) is 17.4 Å². The Labute approximate surface area is 128 Å². The molecule has 0 radical (unpaired) electrons. The summed E-state index contributed by atoms with van der Waals surface area (Å²) in [5.74, 6) is 0.505. The molecule has 0 saturated carbocycles. The number of nitrogens with zero attached hydrogens (tertiary/aromatic N) is 4. The summed E-state index contributed by atoms with van der Waals surface area (Å²) >= 11 is 1.42. The zero-order valence-electron chi connectivity index (χ0n) is 12.1. The van der Waals surface area contributed by atoms with Gasteiger partial charge in [-0.3, -0.25) is 0 Å². The second-order valence-corrected chi connectivity index (χ2v) is 6.41. The van der Waals surface area contributed by atoms with Crippen LogP contribution in [0.1, 0.15) is 19.3 Å². The minimum atomic E-state index is -1.03. The van der Waals surface area contributed by atoms with Crippen molar-refractivity contribution in [2.75, 3.05) is 11.6 Å². The molecule has 2 aliphatic heterocycles. The van der Waals surface area contributed by atoms with Gasteiger partial charge in [0.1, 0.15) is 6.17 Å². The summed E-state index contributed by atoms with van der Waals surface area (Å²) in [7, 11) is -0.593. The predicted octanol–water partition coefficient (Wildman–Crippen LogP) is 1.06. The minimum absolute atomic E-state index is 0.215. The van der Waals surface area contributed by atoms with Gasteiger partial charge < -0.3 is 15.2 Å². The number of piperidine rings is 1. The SMILES string of the molecule is CSc1ncc(N[C@@H]2C[C@H]3CC[C@@H]([C@@H]2F)N3B(C)O)nn1. The van der Waals surface area contributed by atoms with Crippen LogP contribution in [0.4, 0.5) is 10.2 Å².